The van der Waals surface area contributed by atoms with E-state index >= 15 is 0 Å². The highest BCUT2D eigenvalue weighted by Crippen LogP contribution is 2.03. The maximum absolute atomic E-state index is 11.5. The van der Waals surface area contributed by atoms with Crippen LogP contribution >= 0.6 is 0 Å². The van der Waals surface area contributed by atoms with Crippen molar-refractivity contribution in [1.82, 2.24) is 20.1 Å². The molecule has 0 aliphatic carbocycles. The lowest BCUT2D eigenvalue weighted by molar-refractivity contribution is -0.132. The average molecular weight is 207 g/mol. The summed E-state index contributed by atoms with van der Waals surface area (Å²) in [4.78, 5) is 17.0. The molecule has 0 aromatic carbocycles. The summed E-state index contributed by atoms with van der Waals surface area (Å²) in [5.74, 6) is 0.405. The normalized spacial score (nSPS) is 11.9. The summed E-state index contributed by atoms with van der Waals surface area (Å²) in [6.07, 6.45) is 0. The molecule has 1 aromatic rings. The molecule has 0 bridgehead atoms. The minimum absolute atomic E-state index is 0.222. The van der Waals surface area contributed by atoms with E-state index in [2.05, 4.69) is 15.2 Å². The molecule has 15 heavy (non-hydrogen) atoms. The number of amides is 1. The van der Waals surface area contributed by atoms with Crippen molar-refractivity contribution in [3.63, 3.8) is 0 Å². The van der Waals surface area contributed by atoms with Gasteiger partial charge >= 0.3 is 0 Å². The Labute approximate surface area is 87.9 Å². The summed E-state index contributed by atoms with van der Waals surface area (Å²) < 4.78 is 0. The Bertz CT molecular complexity index is 391. The molecule has 1 aromatic heterocycles. The number of carbonyl (C=O) groups excluding carboxylic acids is 1. The molecule has 1 atom stereocenters. The molecule has 0 spiro atoms. The smallest absolute Gasteiger partial charge is 0.239 e. The van der Waals surface area contributed by atoms with Crippen LogP contribution in [0.3, 0.4) is 0 Å². The van der Waals surface area contributed by atoms with Crippen LogP contribution in [0.5, 0.6) is 0 Å². The first-order chi connectivity index (χ1) is 7.04. The van der Waals surface area contributed by atoms with E-state index in [9.17, 15) is 4.79 Å². The number of nitrogens with zero attached hydrogens (tertiary/aromatic N) is 4. The molecule has 1 rings (SSSR count). The number of hydrogen-bond acceptors (Lipinski definition) is 4. The first kappa shape index (κ1) is 11.2. The minimum atomic E-state index is -0.630. The number of aromatic nitrogens is 3. The fourth-order valence-corrected chi connectivity index (χ4v) is 1.14. The highest BCUT2D eigenvalue weighted by molar-refractivity contribution is 5.80. The number of aryl methyl sites for hydroxylation is 1. The zero-order valence-electron chi connectivity index (χ0n) is 8.98. The largest absolute Gasteiger partial charge is 0.337 e. The van der Waals surface area contributed by atoms with E-state index in [4.69, 9.17) is 5.26 Å². The van der Waals surface area contributed by atoms with Crippen LogP contribution in [-0.2, 0) is 11.3 Å². The SMILES string of the molecule is Cc1nc(CN(C)C(=O)C(C)C#N)n[nH]1. The van der Waals surface area contributed by atoms with E-state index in [0.717, 1.165) is 0 Å². The lowest BCUT2D eigenvalue weighted by Gasteiger charge is -2.15. The van der Waals surface area contributed by atoms with E-state index in [1.165, 1.54) is 4.90 Å². The van der Waals surface area contributed by atoms with Gasteiger partial charge in [-0.3, -0.25) is 9.89 Å². The van der Waals surface area contributed by atoms with E-state index < -0.39 is 5.92 Å². The summed E-state index contributed by atoms with van der Waals surface area (Å²) in [6.45, 7) is 3.67. The molecule has 0 aliphatic rings. The van der Waals surface area contributed by atoms with Crippen LogP contribution in [0.25, 0.3) is 0 Å². The zero-order valence-corrected chi connectivity index (χ0v) is 8.98. The molecule has 1 N–H and O–H groups in total. The van der Waals surface area contributed by atoms with Gasteiger partial charge in [-0.1, -0.05) is 0 Å². The first-order valence-electron chi connectivity index (χ1n) is 4.57. The Morgan fingerprint density at radius 1 is 1.73 bits per heavy atom. The maximum Gasteiger partial charge on any atom is 0.239 e. The highest BCUT2D eigenvalue weighted by Gasteiger charge is 2.17. The monoisotopic (exact) mass is 207 g/mol. The molecule has 6 nitrogen and oxygen atoms in total. The van der Waals surface area contributed by atoms with Crippen molar-refractivity contribution in [3.05, 3.63) is 11.6 Å². The molecular weight excluding hydrogens is 194 g/mol. The van der Waals surface area contributed by atoms with Crippen molar-refractivity contribution in [3.8, 4) is 6.07 Å². The number of H-pyrrole nitrogens is 1. The van der Waals surface area contributed by atoms with Crippen LogP contribution < -0.4 is 0 Å². The van der Waals surface area contributed by atoms with E-state index in [1.807, 2.05) is 6.07 Å². The second kappa shape index (κ2) is 4.55. The van der Waals surface area contributed by atoms with Crippen LogP contribution in [0, 0.1) is 24.2 Å². The van der Waals surface area contributed by atoms with Gasteiger partial charge in [0.1, 0.15) is 11.7 Å². The predicted molar refractivity (Wildman–Crippen MR) is 52.4 cm³/mol. The first-order valence-corrected chi connectivity index (χ1v) is 4.57. The lowest BCUT2D eigenvalue weighted by Crippen LogP contribution is -2.31. The molecule has 0 fully saturated rings. The molecule has 0 aliphatic heterocycles. The number of rotatable bonds is 3. The van der Waals surface area contributed by atoms with Gasteiger partial charge < -0.3 is 4.90 Å². The fourth-order valence-electron chi connectivity index (χ4n) is 1.14. The standard InChI is InChI=1S/C9H13N5O/c1-6(4-10)9(15)14(3)5-8-11-7(2)12-13-8/h6H,5H2,1-3H3,(H,11,12,13). The fraction of sp³-hybridized carbons (Fsp3) is 0.556. The predicted octanol–water partition coefficient (Wildman–Crippen LogP) is 0.231. The number of hydrogen-bond donors (Lipinski definition) is 1. The van der Waals surface area contributed by atoms with Crippen LogP contribution in [0.4, 0.5) is 0 Å². The molecule has 80 valence electrons. The molecule has 0 radical (unpaired) electrons. The number of nitriles is 1. The summed E-state index contributed by atoms with van der Waals surface area (Å²) in [5.41, 5.74) is 0. The molecule has 6 heteroatoms. The number of nitrogens with one attached hydrogen (secondary N) is 1. The quantitative estimate of drug-likeness (QED) is 0.768. The minimum Gasteiger partial charge on any atom is -0.337 e. The Kier molecular flexibility index (Phi) is 3.39. The average Bonchev–Trinajstić information content (AvgIpc) is 2.61. The van der Waals surface area contributed by atoms with Gasteiger partial charge in [-0.2, -0.15) is 10.4 Å². The summed E-state index contributed by atoms with van der Waals surface area (Å²) >= 11 is 0. The summed E-state index contributed by atoms with van der Waals surface area (Å²) in [6, 6.07) is 1.90. The zero-order chi connectivity index (χ0) is 11.4. The highest BCUT2D eigenvalue weighted by atomic mass is 16.2. The van der Waals surface area contributed by atoms with E-state index in [0.29, 0.717) is 18.2 Å². The van der Waals surface area contributed by atoms with Crippen molar-refractivity contribution in [2.45, 2.75) is 20.4 Å². The van der Waals surface area contributed by atoms with Gasteiger partial charge in [0.2, 0.25) is 5.91 Å². The van der Waals surface area contributed by atoms with Gasteiger partial charge in [-0.15, -0.1) is 0 Å². The lowest BCUT2D eigenvalue weighted by atomic mass is 10.2. The second-order valence-corrected chi connectivity index (χ2v) is 3.38. The Hall–Kier alpha value is -1.90. The molecule has 1 heterocycles. The summed E-state index contributed by atoms with van der Waals surface area (Å²) in [7, 11) is 1.63. The molecular formula is C9H13N5O. The Morgan fingerprint density at radius 3 is 2.87 bits per heavy atom. The third-order valence-electron chi connectivity index (χ3n) is 1.96. The van der Waals surface area contributed by atoms with Crippen LogP contribution in [0.1, 0.15) is 18.6 Å². The molecule has 1 unspecified atom stereocenters. The number of carbonyl (C=O) groups is 1. The van der Waals surface area contributed by atoms with E-state index in [1.54, 1.807) is 20.9 Å². The van der Waals surface area contributed by atoms with Gasteiger partial charge in [0.05, 0.1) is 12.6 Å². The van der Waals surface area contributed by atoms with Crippen molar-refractivity contribution in [1.29, 1.82) is 5.26 Å². The van der Waals surface area contributed by atoms with Gasteiger partial charge in [0.15, 0.2) is 5.82 Å². The van der Waals surface area contributed by atoms with Crippen molar-refractivity contribution in [2.75, 3.05) is 7.05 Å². The molecule has 1 amide bonds. The third kappa shape index (κ3) is 2.77. The molecule has 0 saturated carbocycles. The second-order valence-electron chi connectivity index (χ2n) is 3.38. The topological polar surface area (TPSA) is 85.7 Å². The third-order valence-corrected chi connectivity index (χ3v) is 1.96. The van der Waals surface area contributed by atoms with Crippen molar-refractivity contribution < 1.29 is 4.79 Å². The van der Waals surface area contributed by atoms with Gasteiger partial charge in [-0.05, 0) is 13.8 Å². The Balaban J connectivity index is 2.60. The van der Waals surface area contributed by atoms with Crippen molar-refractivity contribution >= 4 is 5.91 Å². The van der Waals surface area contributed by atoms with Crippen LogP contribution in [0.2, 0.25) is 0 Å². The van der Waals surface area contributed by atoms with Crippen LogP contribution in [0.15, 0.2) is 0 Å². The Morgan fingerprint density at radius 2 is 2.40 bits per heavy atom. The number of aromatic amines is 1. The molecule has 0 saturated heterocycles. The van der Waals surface area contributed by atoms with Gasteiger partial charge in [-0.25, -0.2) is 4.98 Å². The van der Waals surface area contributed by atoms with Gasteiger partial charge in [0, 0.05) is 7.05 Å². The van der Waals surface area contributed by atoms with Gasteiger partial charge in [0.25, 0.3) is 0 Å². The summed E-state index contributed by atoms with van der Waals surface area (Å²) in [5, 5.41) is 15.2. The van der Waals surface area contributed by atoms with Crippen LogP contribution in [-0.4, -0.2) is 33.0 Å². The van der Waals surface area contributed by atoms with Crippen molar-refractivity contribution in [2.24, 2.45) is 5.92 Å². The maximum atomic E-state index is 11.5. The van der Waals surface area contributed by atoms with E-state index in [-0.39, 0.29) is 5.91 Å².